The van der Waals surface area contributed by atoms with E-state index in [0.29, 0.717) is 0 Å². The number of pyridine rings is 1. The molecule has 1 aromatic rings. The van der Waals surface area contributed by atoms with Gasteiger partial charge in [-0.1, -0.05) is 0 Å². The Labute approximate surface area is 103 Å². The first kappa shape index (κ1) is 14.9. The van der Waals surface area contributed by atoms with Crippen molar-refractivity contribution in [3.63, 3.8) is 0 Å². The van der Waals surface area contributed by atoms with E-state index in [0.717, 1.165) is 0 Å². The second kappa shape index (κ2) is 7.23. The first-order valence-corrected chi connectivity index (χ1v) is 4.43. The predicted octanol–water partition coefficient (Wildman–Crippen LogP) is 1.48. The van der Waals surface area contributed by atoms with Crippen molar-refractivity contribution in [3.05, 3.63) is 28.4 Å². The quantitative estimate of drug-likeness (QED) is 0.629. The SMILES string of the molecule is CCOC(=O)NNc1ncccc1[N+](=O)[O-].Cl. The van der Waals surface area contributed by atoms with Gasteiger partial charge in [0.2, 0.25) is 5.82 Å². The first-order valence-electron chi connectivity index (χ1n) is 4.43. The summed E-state index contributed by atoms with van der Waals surface area (Å²) in [6.45, 7) is 1.85. The predicted molar refractivity (Wildman–Crippen MR) is 61.9 cm³/mol. The number of nitrogens with zero attached hydrogens (tertiary/aromatic N) is 2. The summed E-state index contributed by atoms with van der Waals surface area (Å²) < 4.78 is 4.55. The van der Waals surface area contributed by atoms with E-state index in [-0.39, 0.29) is 30.5 Å². The molecule has 0 aromatic carbocycles. The number of ether oxygens (including phenoxy) is 1. The highest BCUT2D eigenvalue weighted by Crippen LogP contribution is 2.18. The highest BCUT2D eigenvalue weighted by molar-refractivity contribution is 5.85. The average Bonchev–Trinajstić information content (AvgIpc) is 2.27. The lowest BCUT2D eigenvalue weighted by molar-refractivity contribution is -0.384. The Bertz CT molecular complexity index is 401. The van der Waals surface area contributed by atoms with Crippen molar-refractivity contribution in [2.45, 2.75) is 6.92 Å². The van der Waals surface area contributed by atoms with E-state index in [2.05, 4.69) is 20.6 Å². The summed E-state index contributed by atoms with van der Waals surface area (Å²) in [6, 6.07) is 2.69. The Balaban J connectivity index is 0.00000256. The lowest BCUT2D eigenvalue weighted by atomic mass is 10.4. The number of aromatic nitrogens is 1. The van der Waals surface area contributed by atoms with Crippen molar-refractivity contribution >= 4 is 30.0 Å². The smallest absolute Gasteiger partial charge is 0.425 e. The van der Waals surface area contributed by atoms with Crippen LogP contribution in [0.15, 0.2) is 18.3 Å². The maximum absolute atomic E-state index is 10.9. The number of carbonyl (C=O) groups is 1. The van der Waals surface area contributed by atoms with Crippen molar-refractivity contribution in [1.29, 1.82) is 0 Å². The average molecular weight is 263 g/mol. The molecular formula is C8H11ClN4O4. The standard InChI is InChI=1S/C8H10N4O4.ClH/c1-2-16-8(13)11-10-7-6(12(14)15)4-3-5-9-7;/h3-5H,2H2,1H3,(H,9,10)(H,11,13);1H. The lowest BCUT2D eigenvalue weighted by Gasteiger charge is -2.07. The molecule has 9 heteroatoms. The van der Waals surface area contributed by atoms with Crippen molar-refractivity contribution in [3.8, 4) is 0 Å². The van der Waals surface area contributed by atoms with Crippen molar-refractivity contribution < 1.29 is 14.5 Å². The van der Waals surface area contributed by atoms with Gasteiger partial charge in [-0.15, -0.1) is 12.4 Å². The van der Waals surface area contributed by atoms with Gasteiger partial charge in [-0.05, 0) is 13.0 Å². The number of amides is 1. The van der Waals surface area contributed by atoms with Crippen LogP contribution in [0.1, 0.15) is 6.92 Å². The monoisotopic (exact) mass is 262 g/mol. The van der Waals surface area contributed by atoms with E-state index < -0.39 is 11.0 Å². The van der Waals surface area contributed by atoms with Crippen LogP contribution in [-0.2, 0) is 4.74 Å². The van der Waals surface area contributed by atoms with Crippen molar-refractivity contribution in [2.24, 2.45) is 0 Å². The zero-order valence-electron chi connectivity index (χ0n) is 8.87. The largest absolute Gasteiger partial charge is 0.449 e. The molecule has 1 rings (SSSR count). The van der Waals surface area contributed by atoms with Gasteiger partial charge in [0.15, 0.2) is 0 Å². The molecule has 0 fully saturated rings. The minimum absolute atomic E-state index is 0. The zero-order chi connectivity index (χ0) is 12.0. The maximum atomic E-state index is 10.9. The van der Waals surface area contributed by atoms with Gasteiger partial charge in [0, 0.05) is 12.3 Å². The molecule has 0 aliphatic rings. The van der Waals surface area contributed by atoms with E-state index in [1.54, 1.807) is 6.92 Å². The number of carbonyl (C=O) groups excluding carboxylic acids is 1. The van der Waals surface area contributed by atoms with Crippen LogP contribution in [0.3, 0.4) is 0 Å². The molecule has 0 saturated carbocycles. The summed E-state index contributed by atoms with van der Waals surface area (Å²) in [7, 11) is 0. The van der Waals surface area contributed by atoms with Crippen molar-refractivity contribution in [2.75, 3.05) is 12.0 Å². The summed E-state index contributed by atoms with van der Waals surface area (Å²) in [5.41, 5.74) is 4.18. The number of anilines is 1. The van der Waals surface area contributed by atoms with Crippen LogP contribution in [0.2, 0.25) is 0 Å². The molecular weight excluding hydrogens is 252 g/mol. The summed E-state index contributed by atoms with van der Waals surface area (Å²) in [4.78, 5) is 24.6. The normalized spacial score (nSPS) is 8.76. The van der Waals surface area contributed by atoms with Crippen LogP contribution < -0.4 is 10.9 Å². The molecule has 0 atom stereocenters. The Kier molecular flexibility index (Phi) is 6.34. The molecule has 0 bridgehead atoms. The minimum Gasteiger partial charge on any atom is -0.449 e. The Hall–Kier alpha value is -2.09. The maximum Gasteiger partial charge on any atom is 0.425 e. The Morgan fingerprint density at radius 1 is 1.65 bits per heavy atom. The molecule has 94 valence electrons. The van der Waals surface area contributed by atoms with Gasteiger partial charge in [0.05, 0.1) is 11.5 Å². The third kappa shape index (κ3) is 4.51. The molecule has 0 saturated heterocycles. The molecule has 0 aliphatic carbocycles. The van der Waals surface area contributed by atoms with Gasteiger partial charge >= 0.3 is 11.8 Å². The third-order valence-corrected chi connectivity index (χ3v) is 1.54. The summed E-state index contributed by atoms with van der Waals surface area (Å²) in [5.74, 6) is -0.0550. The van der Waals surface area contributed by atoms with E-state index in [9.17, 15) is 14.9 Å². The molecule has 0 radical (unpaired) electrons. The van der Waals surface area contributed by atoms with Crippen molar-refractivity contribution in [1.82, 2.24) is 10.4 Å². The van der Waals surface area contributed by atoms with Gasteiger partial charge in [0.1, 0.15) is 0 Å². The van der Waals surface area contributed by atoms with E-state index >= 15 is 0 Å². The number of nitro groups is 1. The highest BCUT2D eigenvalue weighted by Gasteiger charge is 2.14. The van der Waals surface area contributed by atoms with E-state index in [4.69, 9.17) is 0 Å². The summed E-state index contributed by atoms with van der Waals surface area (Å²) >= 11 is 0. The van der Waals surface area contributed by atoms with Crippen LogP contribution in [0.4, 0.5) is 16.3 Å². The summed E-state index contributed by atoms with van der Waals surface area (Å²) in [6.07, 6.45) is 0.629. The number of rotatable bonds is 4. The number of hydrogen-bond donors (Lipinski definition) is 2. The molecule has 1 aromatic heterocycles. The summed E-state index contributed by atoms with van der Waals surface area (Å²) in [5, 5.41) is 10.6. The van der Waals surface area contributed by atoms with E-state index in [1.807, 2.05) is 0 Å². The minimum atomic E-state index is -0.734. The molecule has 2 N–H and O–H groups in total. The highest BCUT2D eigenvalue weighted by atomic mass is 35.5. The van der Waals surface area contributed by atoms with Crippen LogP contribution >= 0.6 is 12.4 Å². The van der Waals surface area contributed by atoms with Crippen LogP contribution in [0.5, 0.6) is 0 Å². The molecule has 0 aliphatic heterocycles. The fourth-order valence-electron chi connectivity index (χ4n) is 0.918. The number of hydrazine groups is 1. The molecule has 1 heterocycles. The Morgan fingerprint density at radius 3 is 2.94 bits per heavy atom. The molecule has 0 unspecified atom stereocenters. The number of hydrogen-bond acceptors (Lipinski definition) is 6. The zero-order valence-corrected chi connectivity index (χ0v) is 9.69. The lowest BCUT2D eigenvalue weighted by Crippen LogP contribution is -2.30. The Morgan fingerprint density at radius 2 is 2.35 bits per heavy atom. The number of halogens is 1. The molecule has 8 nitrogen and oxygen atoms in total. The topological polar surface area (TPSA) is 106 Å². The van der Waals surface area contributed by atoms with Crippen LogP contribution in [0.25, 0.3) is 0 Å². The van der Waals surface area contributed by atoms with Crippen LogP contribution in [-0.4, -0.2) is 22.6 Å². The fourth-order valence-corrected chi connectivity index (χ4v) is 0.918. The fraction of sp³-hybridized carbons (Fsp3) is 0.250. The van der Waals surface area contributed by atoms with Gasteiger partial charge in [-0.2, -0.15) is 0 Å². The van der Waals surface area contributed by atoms with Crippen LogP contribution in [0, 0.1) is 10.1 Å². The second-order valence-electron chi connectivity index (χ2n) is 2.60. The van der Waals surface area contributed by atoms with E-state index in [1.165, 1.54) is 18.3 Å². The van der Waals surface area contributed by atoms with Gasteiger partial charge in [-0.25, -0.2) is 15.2 Å². The van der Waals surface area contributed by atoms with Gasteiger partial charge in [-0.3, -0.25) is 15.5 Å². The number of nitrogens with one attached hydrogen (secondary N) is 2. The van der Waals surface area contributed by atoms with Gasteiger partial charge in [0.25, 0.3) is 0 Å². The molecule has 0 spiro atoms. The van der Waals surface area contributed by atoms with Gasteiger partial charge < -0.3 is 4.74 Å². The third-order valence-electron chi connectivity index (χ3n) is 1.54. The first-order chi connectivity index (χ1) is 7.65. The molecule has 17 heavy (non-hydrogen) atoms. The molecule has 1 amide bonds. The second-order valence-corrected chi connectivity index (χ2v) is 2.60.